The fourth-order valence-electron chi connectivity index (χ4n) is 2.85. The Morgan fingerprint density at radius 2 is 2.08 bits per heavy atom. The Hall–Kier alpha value is -2.81. The van der Waals surface area contributed by atoms with Gasteiger partial charge in [-0.2, -0.15) is 0 Å². The predicted molar refractivity (Wildman–Crippen MR) is 95.2 cm³/mol. The molecule has 2 heterocycles. The number of carbonyl (C=O) groups excluding carboxylic acids is 1. The van der Waals surface area contributed by atoms with Crippen molar-refractivity contribution in [3.05, 3.63) is 47.4 Å². The summed E-state index contributed by atoms with van der Waals surface area (Å²) < 4.78 is 30.7. The molecule has 1 amide bonds. The third-order valence-electron chi connectivity index (χ3n) is 4.08. The molecule has 1 saturated heterocycles. The number of carbonyl (C=O) groups is 2. The number of carboxylic acid groups (broad SMARTS) is 1. The number of sulfonamides is 1. The van der Waals surface area contributed by atoms with Gasteiger partial charge in [-0.05, 0) is 24.6 Å². The summed E-state index contributed by atoms with van der Waals surface area (Å²) in [6.45, 7) is 2.13. The topological polar surface area (TPSA) is 117 Å². The minimum Gasteiger partial charge on any atom is -0.478 e. The molecule has 0 aliphatic carbocycles. The third-order valence-corrected chi connectivity index (χ3v) is 5.95. The maximum atomic E-state index is 12.3. The Bertz CT molecular complexity index is 963. The van der Waals surface area contributed by atoms with Gasteiger partial charge in [-0.15, -0.1) is 0 Å². The number of amides is 1. The molecule has 0 spiro atoms. The molecule has 9 heteroatoms. The molecule has 1 aromatic carbocycles. The highest BCUT2D eigenvalue weighted by Gasteiger charge is 2.28. The molecule has 0 bridgehead atoms. The van der Waals surface area contributed by atoms with Gasteiger partial charge in [0.2, 0.25) is 10.0 Å². The number of carboxylic acids is 1. The largest absolute Gasteiger partial charge is 0.478 e. The number of benzene rings is 1. The Balaban J connectivity index is 1.82. The number of nitrogens with one attached hydrogen (secondary N) is 1. The smallest absolute Gasteiger partial charge is 0.339 e. The van der Waals surface area contributed by atoms with Gasteiger partial charge >= 0.3 is 5.97 Å². The van der Waals surface area contributed by atoms with E-state index in [1.807, 2.05) is 0 Å². The van der Waals surface area contributed by atoms with Crippen LogP contribution in [-0.2, 0) is 16.4 Å². The second-order valence-corrected chi connectivity index (χ2v) is 7.87. The van der Waals surface area contributed by atoms with Crippen molar-refractivity contribution in [3.63, 3.8) is 0 Å². The average Bonchev–Trinajstić information content (AvgIpc) is 3.18. The zero-order valence-corrected chi connectivity index (χ0v) is 14.9. The van der Waals surface area contributed by atoms with Crippen LogP contribution in [0.25, 0.3) is 0 Å². The second kappa shape index (κ2) is 6.83. The van der Waals surface area contributed by atoms with Crippen LogP contribution in [0.15, 0.2) is 34.7 Å². The lowest BCUT2D eigenvalue weighted by Gasteiger charge is -2.17. The average molecular weight is 378 g/mol. The SMILES string of the molecule is CCc1oc(C(=O)Nc2cccc(N3CCCS3(=O)=O)c2)cc1C(=O)O. The zero-order valence-electron chi connectivity index (χ0n) is 14.1. The number of aromatic carboxylic acids is 1. The monoisotopic (exact) mass is 378 g/mol. The number of rotatable bonds is 5. The molecule has 0 atom stereocenters. The molecule has 8 nitrogen and oxygen atoms in total. The van der Waals surface area contributed by atoms with Gasteiger partial charge in [0.1, 0.15) is 11.3 Å². The molecule has 2 N–H and O–H groups in total. The summed E-state index contributed by atoms with van der Waals surface area (Å²) in [5.74, 6) is -1.55. The molecule has 0 radical (unpaired) electrons. The van der Waals surface area contributed by atoms with Crippen molar-refractivity contribution in [2.45, 2.75) is 19.8 Å². The van der Waals surface area contributed by atoms with Gasteiger partial charge in [0, 0.05) is 24.7 Å². The fourth-order valence-corrected chi connectivity index (χ4v) is 4.40. The van der Waals surface area contributed by atoms with Gasteiger partial charge < -0.3 is 14.8 Å². The van der Waals surface area contributed by atoms with Crippen LogP contribution in [0.4, 0.5) is 11.4 Å². The van der Waals surface area contributed by atoms with Gasteiger partial charge in [0.15, 0.2) is 5.76 Å². The number of hydrogen-bond acceptors (Lipinski definition) is 5. The first kappa shape index (κ1) is 18.0. The lowest BCUT2D eigenvalue weighted by atomic mass is 10.2. The standard InChI is InChI=1S/C17H18N2O6S/c1-2-14-13(17(21)22)10-15(25-14)16(20)18-11-5-3-6-12(9-11)19-7-4-8-26(19,23)24/h3,5-6,9-10H,2,4,7-8H2,1H3,(H,18,20)(H,21,22). The van der Waals surface area contributed by atoms with Crippen LogP contribution in [0.1, 0.15) is 40.0 Å². The van der Waals surface area contributed by atoms with E-state index in [-0.39, 0.29) is 22.8 Å². The van der Waals surface area contributed by atoms with Crippen LogP contribution >= 0.6 is 0 Å². The Morgan fingerprint density at radius 1 is 1.31 bits per heavy atom. The molecule has 26 heavy (non-hydrogen) atoms. The summed E-state index contributed by atoms with van der Waals surface area (Å²) in [6.07, 6.45) is 0.903. The summed E-state index contributed by atoms with van der Waals surface area (Å²) in [5.41, 5.74) is 0.815. The fraction of sp³-hybridized carbons (Fsp3) is 0.294. The molecule has 3 rings (SSSR count). The van der Waals surface area contributed by atoms with Gasteiger partial charge in [0.25, 0.3) is 5.91 Å². The molecular weight excluding hydrogens is 360 g/mol. The van der Waals surface area contributed by atoms with Crippen molar-refractivity contribution in [2.24, 2.45) is 0 Å². The summed E-state index contributed by atoms with van der Waals surface area (Å²) in [6, 6.07) is 7.66. The first-order valence-electron chi connectivity index (χ1n) is 8.09. The van der Waals surface area contributed by atoms with Crippen molar-refractivity contribution in [1.29, 1.82) is 0 Å². The van der Waals surface area contributed by atoms with E-state index < -0.39 is 21.9 Å². The molecule has 1 aliphatic heterocycles. The van der Waals surface area contributed by atoms with E-state index in [9.17, 15) is 18.0 Å². The van der Waals surface area contributed by atoms with E-state index in [1.54, 1.807) is 31.2 Å². The first-order chi connectivity index (χ1) is 12.3. The summed E-state index contributed by atoms with van der Waals surface area (Å²) in [4.78, 5) is 23.5. The Morgan fingerprint density at radius 3 is 2.65 bits per heavy atom. The quantitative estimate of drug-likeness (QED) is 0.825. The molecule has 0 saturated carbocycles. The third kappa shape index (κ3) is 3.43. The number of aryl methyl sites for hydroxylation is 1. The number of nitrogens with zero attached hydrogens (tertiary/aromatic N) is 1. The van der Waals surface area contributed by atoms with Gasteiger partial charge in [0.05, 0.1) is 11.4 Å². The summed E-state index contributed by atoms with van der Waals surface area (Å²) >= 11 is 0. The van der Waals surface area contributed by atoms with Crippen LogP contribution in [0.2, 0.25) is 0 Å². The van der Waals surface area contributed by atoms with Crippen molar-refractivity contribution >= 4 is 33.3 Å². The number of furan rings is 1. The normalized spacial score (nSPS) is 15.8. The molecule has 0 unspecified atom stereocenters. The molecule has 2 aromatic rings. The minimum absolute atomic E-state index is 0.0467. The molecule has 1 fully saturated rings. The first-order valence-corrected chi connectivity index (χ1v) is 9.70. The molecule has 138 valence electrons. The number of hydrogen-bond donors (Lipinski definition) is 2. The molecule has 1 aromatic heterocycles. The Labute approximate surface area is 150 Å². The van der Waals surface area contributed by atoms with Gasteiger partial charge in [-0.1, -0.05) is 13.0 Å². The lowest BCUT2D eigenvalue weighted by molar-refractivity contribution is 0.0694. The lowest BCUT2D eigenvalue weighted by Crippen LogP contribution is -2.25. The van der Waals surface area contributed by atoms with Crippen LogP contribution in [0, 0.1) is 0 Å². The molecular formula is C17H18N2O6S. The minimum atomic E-state index is -3.32. The van der Waals surface area contributed by atoms with Crippen molar-refractivity contribution < 1.29 is 27.5 Å². The maximum absolute atomic E-state index is 12.3. The zero-order chi connectivity index (χ0) is 18.9. The maximum Gasteiger partial charge on any atom is 0.339 e. The van der Waals surface area contributed by atoms with Crippen LogP contribution in [0.3, 0.4) is 0 Å². The van der Waals surface area contributed by atoms with Crippen LogP contribution in [-0.4, -0.2) is 37.7 Å². The van der Waals surface area contributed by atoms with E-state index in [1.165, 1.54) is 10.4 Å². The van der Waals surface area contributed by atoms with E-state index in [2.05, 4.69) is 5.32 Å². The van der Waals surface area contributed by atoms with Crippen LogP contribution in [0.5, 0.6) is 0 Å². The predicted octanol–water partition coefficient (Wildman–Crippen LogP) is 2.33. The van der Waals surface area contributed by atoms with Gasteiger partial charge in [-0.25, -0.2) is 13.2 Å². The molecule has 1 aliphatic rings. The van der Waals surface area contributed by atoms with E-state index >= 15 is 0 Å². The highest BCUT2D eigenvalue weighted by atomic mass is 32.2. The van der Waals surface area contributed by atoms with E-state index in [0.717, 1.165) is 0 Å². The van der Waals surface area contributed by atoms with Crippen molar-refractivity contribution in [3.8, 4) is 0 Å². The van der Waals surface area contributed by atoms with Crippen LogP contribution < -0.4 is 9.62 Å². The van der Waals surface area contributed by atoms with E-state index in [4.69, 9.17) is 9.52 Å². The summed E-state index contributed by atoms with van der Waals surface area (Å²) in [7, 11) is -3.32. The van der Waals surface area contributed by atoms with E-state index in [0.29, 0.717) is 30.8 Å². The highest BCUT2D eigenvalue weighted by Crippen LogP contribution is 2.27. The highest BCUT2D eigenvalue weighted by molar-refractivity contribution is 7.93. The number of anilines is 2. The van der Waals surface area contributed by atoms with Crippen molar-refractivity contribution in [1.82, 2.24) is 0 Å². The summed E-state index contributed by atoms with van der Waals surface area (Å²) in [5, 5.41) is 11.7. The second-order valence-electron chi connectivity index (χ2n) is 5.85. The van der Waals surface area contributed by atoms with Crippen molar-refractivity contribution in [2.75, 3.05) is 21.9 Å². The van der Waals surface area contributed by atoms with Gasteiger partial charge in [-0.3, -0.25) is 9.10 Å². The Kier molecular flexibility index (Phi) is 4.73.